The Morgan fingerprint density at radius 1 is 1.32 bits per heavy atom. The molecule has 3 unspecified atom stereocenters. The second-order valence-electron chi connectivity index (χ2n) is 6.74. The topological polar surface area (TPSA) is 102 Å². The first kappa shape index (κ1) is 22.6. The number of rotatable bonds is 7. The molecule has 1 saturated heterocycles. The molecule has 1 amide bonds. The lowest BCUT2D eigenvalue weighted by Gasteiger charge is -2.36. The smallest absolute Gasteiger partial charge is 0.307 e. The molecular weight excluding hydrogens is 408 g/mol. The van der Waals surface area contributed by atoms with E-state index in [4.69, 9.17) is 21.1 Å². The minimum Gasteiger partial charge on any atom is -0.452 e. The molecule has 3 atom stereocenters. The molecule has 0 aromatic heterocycles. The van der Waals surface area contributed by atoms with E-state index >= 15 is 0 Å². The molecule has 1 fully saturated rings. The van der Waals surface area contributed by atoms with Gasteiger partial charge in [0.1, 0.15) is 0 Å². The van der Waals surface area contributed by atoms with Crippen molar-refractivity contribution in [2.75, 3.05) is 19.6 Å². The van der Waals surface area contributed by atoms with E-state index in [1.54, 1.807) is 11.0 Å². The number of sulfonamides is 1. The van der Waals surface area contributed by atoms with Crippen molar-refractivity contribution in [3.63, 3.8) is 0 Å². The fraction of sp³-hybridized carbons (Fsp3) is 0.556. The number of nitrogens with one attached hydrogen (secondary N) is 1. The Labute approximate surface area is 170 Å². The third-order valence-corrected chi connectivity index (χ3v) is 5.81. The Hall–Kier alpha value is -1.68. The molecule has 0 saturated carbocycles. The average molecular weight is 433 g/mol. The molecule has 1 aromatic rings. The maximum atomic E-state index is 12.4. The van der Waals surface area contributed by atoms with Crippen LogP contribution in [0.5, 0.6) is 0 Å². The summed E-state index contributed by atoms with van der Waals surface area (Å²) in [5, 5.41) is 0.293. The maximum absolute atomic E-state index is 12.4. The third-order valence-electron chi connectivity index (χ3n) is 4.11. The van der Waals surface area contributed by atoms with Gasteiger partial charge < -0.3 is 14.4 Å². The fourth-order valence-electron chi connectivity index (χ4n) is 2.93. The van der Waals surface area contributed by atoms with Crippen molar-refractivity contribution in [3.05, 3.63) is 29.3 Å². The standard InChI is InChI=1S/C18H25ClN2O6S/c1-12-10-21(11-13(2)26-12)18(23)14(3)27-17(22)7-8-20-28(24,25)16-6-4-5-15(19)9-16/h4-6,9,12-14,20H,7-8,10-11H2,1-3H3. The highest BCUT2D eigenvalue weighted by Crippen LogP contribution is 2.15. The summed E-state index contributed by atoms with van der Waals surface area (Å²) in [6.07, 6.45) is -1.32. The minimum absolute atomic E-state index is 0.00692. The zero-order valence-electron chi connectivity index (χ0n) is 16.1. The van der Waals surface area contributed by atoms with E-state index in [-0.39, 0.29) is 36.0 Å². The van der Waals surface area contributed by atoms with Crippen LogP contribution in [-0.4, -0.2) is 63.1 Å². The lowest BCUT2D eigenvalue weighted by atomic mass is 10.2. The zero-order valence-corrected chi connectivity index (χ0v) is 17.6. The molecule has 1 aliphatic heterocycles. The first-order valence-corrected chi connectivity index (χ1v) is 10.8. The number of amides is 1. The Morgan fingerprint density at radius 2 is 1.96 bits per heavy atom. The number of ether oxygens (including phenoxy) is 2. The van der Waals surface area contributed by atoms with Gasteiger partial charge in [-0.2, -0.15) is 0 Å². The summed E-state index contributed by atoms with van der Waals surface area (Å²) in [5.41, 5.74) is 0. The predicted molar refractivity (Wildman–Crippen MR) is 103 cm³/mol. The highest BCUT2D eigenvalue weighted by Gasteiger charge is 2.30. The van der Waals surface area contributed by atoms with Gasteiger partial charge >= 0.3 is 5.97 Å². The molecule has 0 radical (unpaired) electrons. The number of esters is 1. The van der Waals surface area contributed by atoms with Gasteiger partial charge in [-0.25, -0.2) is 13.1 Å². The molecule has 2 rings (SSSR count). The van der Waals surface area contributed by atoms with Crippen molar-refractivity contribution >= 4 is 33.5 Å². The largest absolute Gasteiger partial charge is 0.452 e. The monoisotopic (exact) mass is 432 g/mol. The predicted octanol–water partition coefficient (Wildman–Crippen LogP) is 1.58. The van der Waals surface area contributed by atoms with Gasteiger partial charge in [0.25, 0.3) is 5.91 Å². The molecule has 1 aliphatic rings. The normalized spacial score (nSPS) is 21.2. The summed E-state index contributed by atoms with van der Waals surface area (Å²) in [7, 11) is -3.78. The zero-order chi connectivity index (χ0) is 20.9. The van der Waals surface area contributed by atoms with Crippen LogP contribution in [0.25, 0.3) is 0 Å². The van der Waals surface area contributed by atoms with E-state index in [1.165, 1.54) is 25.1 Å². The lowest BCUT2D eigenvalue weighted by Crippen LogP contribution is -2.51. The Morgan fingerprint density at radius 3 is 2.57 bits per heavy atom. The van der Waals surface area contributed by atoms with E-state index in [0.717, 1.165) is 0 Å². The van der Waals surface area contributed by atoms with Crippen molar-refractivity contribution in [2.24, 2.45) is 0 Å². The Bertz CT molecular complexity index is 806. The van der Waals surface area contributed by atoms with Crippen LogP contribution in [0.1, 0.15) is 27.2 Å². The van der Waals surface area contributed by atoms with Crippen LogP contribution in [0.3, 0.4) is 0 Å². The maximum Gasteiger partial charge on any atom is 0.307 e. The number of carbonyl (C=O) groups excluding carboxylic acids is 2. The highest BCUT2D eigenvalue weighted by atomic mass is 35.5. The SMILES string of the molecule is CC1CN(C(=O)C(C)OC(=O)CCNS(=O)(=O)c2cccc(Cl)c2)CC(C)O1. The molecule has 1 aromatic carbocycles. The molecule has 1 N–H and O–H groups in total. The van der Waals surface area contributed by atoms with Gasteiger partial charge in [0.15, 0.2) is 6.10 Å². The average Bonchev–Trinajstić information content (AvgIpc) is 2.60. The van der Waals surface area contributed by atoms with Gasteiger partial charge in [-0.3, -0.25) is 9.59 Å². The molecular formula is C18H25ClN2O6S. The van der Waals surface area contributed by atoms with Crippen LogP contribution in [0.4, 0.5) is 0 Å². The lowest BCUT2D eigenvalue weighted by molar-refractivity contribution is -0.164. The van der Waals surface area contributed by atoms with E-state index in [9.17, 15) is 18.0 Å². The first-order chi connectivity index (χ1) is 13.1. The molecule has 10 heteroatoms. The summed E-state index contributed by atoms with van der Waals surface area (Å²) in [4.78, 5) is 26.0. The quantitative estimate of drug-likeness (QED) is 0.656. The minimum atomic E-state index is -3.78. The number of benzene rings is 1. The van der Waals surface area contributed by atoms with Crippen LogP contribution < -0.4 is 4.72 Å². The number of nitrogens with zero attached hydrogens (tertiary/aromatic N) is 1. The van der Waals surface area contributed by atoms with Gasteiger partial charge in [0.2, 0.25) is 10.0 Å². The van der Waals surface area contributed by atoms with Gasteiger partial charge in [0.05, 0.1) is 23.5 Å². The highest BCUT2D eigenvalue weighted by molar-refractivity contribution is 7.89. The van der Waals surface area contributed by atoms with Crippen LogP contribution in [0.2, 0.25) is 5.02 Å². The van der Waals surface area contributed by atoms with E-state index in [2.05, 4.69) is 4.72 Å². The van der Waals surface area contributed by atoms with Crippen molar-refractivity contribution in [1.82, 2.24) is 9.62 Å². The van der Waals surface area contributed by atoms with Crippen molar-refractivity contribution < 1.29 is 27.5 Å². The van der Waals surface area contributed by atoms with Crippen LogP contribution in [0, 0.1) is 0 Å². The molecule has 28 heavy (non-hydrogen) atoms. The van der Waals surface area contributed by atoms with Gasteiger partial charge in [-0.1, -0.05) is 17.7 Å². The van der Waals surface area contributed by atoms with Crippen molar-refractivity contribution in [3.8, 4) is 0 Å². The second kappa shape index (κ2) is 9.69. The van der Waals surface area contributed by atoms with Crippen LogP contribution >= 0.6 is 11.6 Å². The number of morpholine rings is 1. The van der Waals surface area contributed by atoms with Crippen molar-refractivity contribution in [2.45, 2.75) is 50.4 Å². The van der Waals surface area contributed by atoms with E-state index in [1.807, 2.05) is 13.8 Å². The Kier molecular flexibility index (Phi) is 7.82. The molecule has 156 valence electrons. The van der Waals surface area contributed by atoms with Crippen molar-refractivity contribution in [1.29, 1.82) is 0 Å². The molecule has 0 spiro atoms. The number of halogens is 1. The van der Waals surface area contributed by atoms with E-state index in [0.29, 0.717) is 18.1 Å². The first-order valence-electron chi connectivity index (χ1n) is 8.97. The third kappa shape index (κ3) is 6.44. The summed E-state index contributed by atoms with van der Waals surface area (Å²) in [5.74, 6) is -0.959. The summed E-state index contributed by atoms with van der Waals surface area (Å²) in [6, 6.07) is 5.79. The summed E-state index contributed by atoms with van der Waals surface area (Å²) >= 11 is 5.79. The molecule has 0 aliphatic carbocycles. The number of carbonyl (C=O) groups is 2. The molecule has 1 heterocycles. The number of hydrogen-bond acceptors (Lipinski definition) is 6. The van der Waals surface area contributed by atoms with Gasteiger partial charge in [-0.05, 0) is 39.0 Å². The second-order valence-corrected chi connectivity index (χ2v) is 8.94. The molecule has 0 bridgehead atoms. The molecule has 8 nitrogen and oxygen atoms in total. The van der Waals surface area contributed by atoms with Gasteiger partial charge in [-0.15, -0.1) is 0 Å². The number of hydrogen-bond donors (Lipinski definition) is 1. The Balaban J connectivity index is 1.81. The van der Waals surface area contributed by atoms with Gasteiger partial charge in [0, 0.05) is 24.7 Å². The fourth-order valence-corrected chi connectivity index (χ4v) is 4.26. The summed E-state index contributed by atoms with van der Waals surface area (Å²) < 4.78 is 37.4. The van der Waals surface area contributed by atoms with Crippen LogP contribution in [-0.2, 0) is 29.1 Å². The van der Waals surface area contributed by atoms with Crippen LogP contribution in [0.15, 0.2) is 29.2 Å². The summed E-state index contributed by atoms with van der Waals surface area (Å²) in [6.45, 7) is 5.97. The van der Waals surface area contributed by atoms with E-state index < -0.39 is 22.1 Å².